The van der Waals surface area contributed by atoms with Crippen LogP contribution in [0.3, 0.4) is 0 Å². The summed E-state index contributed by atoms with van der Waals surface area (Å²) in [7, 11) is -1.71. The van der Waals surface area contributed by atoms with Gasteiger partial charge in [-0.3, -0.25) is 0 Å². The molecule has 1 aliphatic heterocycles. The molecular weight excluding hydrogens is 262 g/mol. The van der Waals surface area contributed by atoms with Gasteiger partial charge in [0.25, 0.3) is 0 Å². The molecule has 102 valence electrons. The van der Waals surface area contributed by atoms with E-state index in [1.54, 1.807) is 31.3 Å². The van der Waals surface area contributed by atoms with Gasteiger partial charge in [0.1, 0.15) is 0 Å². The van der Waals surface area contributed by atoms with Crippen molar-refractivity contribution < 1.29 is 8.42 Å². The highest BCUT2D eigenvalue weighted by Gasteiger charge is 2.28. The highest BCUT2D eigenvalue weighted by molar-refractivity contribution is 7.88. The Morgan fingerprint density at radius 1 is 1.53 bits per heavy atom. The summed E-state index contributed by atoms with van der Waals surface area (Å²) in [4.78, 5) is 0. The standard InChI is InChI=1S/C13H17N3O2S/c1-16(13-5-6-15-9-13)19(17,18)10-12-4-2-3-11(7-12)8-14/h2-4,7,13,15H,5-6,9-10H2,1H3. The Morgan fingerprint density at radius 3 is 2.95 bits per heavy atom. The lowest BCUT2D eigenvalue weighted by molar-refractivity contribution is 0.387. The molecule has 1 heterocycles. The van der Waals surface area contributed by atoms with Gasteiger partial charge in [-0.1, -0.05) is 12.1 Å². The summed E-state index contributed by atoms with van der Waals surface area (Å²) < 4.78 is 26.1. The lowest BCUT2D eigenvalue weighted by Gasteiger charge is -2.23. The minimum absolute atomic E-state index is 0.0316. The molecule has 1 saturated heterocycles. The lowest BCUT2D eigenvalue weighted by atomic mass is 10.2. The van der Waals surface area contributed by atoms with Crippen molar-refractivity contribution in [2.24, 2.45) is 0 Å². The quantitative estimate of drug-likeness (QED) is 0.879. The fraction of sp³-hybridized carbons (Fsp3) is 0.462. The van der Waals surface area contributed by atoms with Gasteiger partial charge < -0.3 is 5.32 Å². The molecule has 0 radical (unpaired) electrons. The average Bonchev–Trinajstić information content (AvgIpc) is 2.91. The Kier molecular flexibility index (Phi) is 4.20. The molecule has 1 aromatic rings. The van der Waals surface area contributed by atoms with Crippen LogP contribution < -0.4 is 5.32 Å². The van der Waals surface area contributed by atoms with Gasteiger partial charge in [-0.2, -0.15) is 5.26 Å². The molecule has 1 unspecified atom stereocenters. The number of hydrogen-bond donors (Lipinski definition) is 1. The van der Waals surface area contributed by atoms with E-state index >= 15 is 0 Å². The molecular formula is C13H17N3O2S. The van der Waals surface area contributed by atoms with Crippen LogP contribution in [0.2, 0.25) is 0 Å². The zero-order valence-electron chi connectivity index (χ0n) is 10.8. The van der Waals surface area contributed by atoms with E-state index in [1.807, 2.05) is 6.07 Å². The molecule has 1 aromatic carbocycles. The SMILES string of the molecule is CN(C1CCNC1)S(=O)(=O)Cc1cccc(C#N)c1. The van der Waals surface area contributed by atoms with Crippen LogP contribution >= 0.6 is 0 Å². The van der Waals surface area contributed by atoms with Gasteiger partial charge in [-0.05, 0) is 30.7 Å². The molecule has 0 bridgehead atoms. The molecule has 5 nitrogen and oxygen atoms in total. The number of hydrogen-bond acceptors (Lipinski definition) is 4. The van der Waals surface area contributed by atoms with E-state index in [9.17, 15) is 8.42 Å². The van der Waals surface area contributed by atoms with Crippen molar-refractivity contribution in [3.63, 3.8) is 0 Å². The number of benzene rings is 1. The van der Waals surface area contributed by atoms with E-state index in [-0.39, 0.29) is 11.8 Å². The minimum atomic E-state index is -3.34. The number of sulfonamides is 1. The van der Waals surface area contributed by atoms with Crippen LogP contribution in [0.5, 0.6) is 0 Å². The molecule has 0 aliphatic carbocycles. The summed E-state index contributed by atoms with van der Waals surface area (Å²) in [6.45, 7) is 1.56. The second-order valence-corrected chi connectivity index (χ2v) is 6.76. The molecule has 0 saturated carbocycles. The molecule has 1 atom stereocenters. The van der Waals surface area contributed by atoms with Gasteiger partial charge in [0.05, 0.1) is 17.4 Å². The van der Waals surface area contributed by atoms with Gasteiger partial charge in [0, 0.05) is 19.6 Å². The molecule has 1 N–H and O–H groups in total. The van der Waals surface area contributed by atoms with Crippen LogP contribution in [-0.2, 0) is 15.8 Å². The smallest absolute Gasteiger partial charge is 0.218 e. The van der Waals surface area contributed by atoms with Crippen molar-refractivity contribution in [1.82, 2.24) is 9.62 Å². The topological polar surface area (TPSA) is 73.2 Å². The lowest BCUT2D eigenvalue weighted by Crippen LogP contribution is -2.39. The normalized spacial score (nSPS) is 19.5. The second-order valence-electron chi connectivity index (χ2n) is 4.73. The van der Waals surface area contributed by atoms with Gasteiger partial charge in [-0.15, -0.1) is 0 Å². The molecule has 19 heavy (non-hydrogen) atoms. The zero-order chi connectivity index (χ0) is 13.9. The summed E-state index contributed by atoms with van der Waals surface area (Å²) in [5, 5.41) is 12.0. The highest BCUT2D eigenvalue weighted by Crippen LogP contribution is 2.16. The maximum atomic E-state index is 12.3. The second kappa shape index (κ2) is 5.70. The molecule has 0 spiro atoms. The van der Waals surface area contributed by atoms with Gasteiger partial charge in [0.15, 0.2) is 0 Å². The Morgan fingerprint density at radius 2 is 2.32 bits per heavy atom. The monoisotopic (exact) mass is 279 g/mol. The molecule has 0 aromatic heterocycles. The minimum Gasteiger partial charge on any atom is -0.315 e. The first kappa shape index (κ1) is 14.0. The predicted molar refractivity (Wildman–Crippen MR) is 72.8 cm³/mol. The molecule has 1 aliphatic rings. The Bertz CT molecular complexity index is 586. The van der Waals surface area contributed by atoms with Crippen LogP contribution in [0.15, 0.2) is 24.3 Å². The summed E-state index contributed by atoms with van der Waals surface area (Å²) >= 11 is 0. The largest absolute Gasteiger partial charge is 0.315 e. The van der Waals surface area contributed by atoms with Crippen molar-refractivity contribution >= 4 is 10.0 Å². The van der Waals surface area contributed by atoms with Gasteiger partial charge in [-0.25, -0.2) is 12.7 Å². The van der Waals surface area contributed by atoms with Crippen LogP contribution in [0, 0.1) is 11.3 Å². The maximum absolute atomic E-state index is 12.3. The summed E-state index contributed by atoms with van der Waals surface area (Å²) in [6.07, 6.45) is 0.841. The van der Waals surface area contributed by atoms with Crippen LogP contribution in [-0.4, -0.2) is 38.9 Å². The van der Waals surface area contributed by atoms with E-state index in [4.69, 9.17) is 5.26 Å². The summed E-state index contributed by atoms with van der Waals surface area (Å²) in [5.74, 6) is -0.0600. The average molecular weight is 279 g/mol. The van der Waals surface area contributed by atoms with Crippen molar-refractivity contribution in [3.05, 3.63) is 35.4 Å². The first-order chi connectivity index (χ1) is 9.03. The molecule has 6 heteroatoms. The van der Waals surface area contributed by atoms with E-state index in [1.165, 1.54) is 4.31 Å². The molecule has 0 amide bonds. The predicted octanol–water partition coefficient (Wildman–Crippen LogP) is 0.682. The van der Waals surface area contributed by atoms with E-state index in [0.717, 1.165) is 13.0 Å². The van der Waals surface area contributed by atoms with Gasteiger partial charge >= 0.3 is 0 Å². The third kappa shape index (κ3) is 3.32. The van der Waals surface area contributed by atoms with Gasteiger partial charge in [0.2, 0.25) is 10.0 Å². The number of nitrogens with zero attached hydrogens (tertiary/aromatic N) is 2. The number of nitrogens with one attached hydrogen (secondary N) is 1. The Labute approximate surface area is 113 Å². The molecule has 1 fully saturated rings. The number of nitriles is 1. The van der Waals surface area contributed by atoms with E-state index in [0.29, 0.717) is 17.7 Å². The van der Waals surface area contributed by atoms with Crippen molar-refractivity contribution in [2.45, 2.75) is 18.2 Å². The third-order valence-corrected chi connectivity index (χ3v) is 5.27. The Balaban J connectivity index is 2.14. The highest BCUT2D eigenvalue weighted by atomic mass is 32.2. The van der Waals surface area contributed by atoms with Crippen molar-refractivity contribution in [2.75, 3.05) is 20.1 Å². The number of rotatable bonds is 4. The van der Waals surface area contributed by atoms with E-state index in [2.05, 4.69) is 5.32 Å². The molecule has 2 rings (SSSR count). The van der Waals surface area contributed by atoms with Crippen LogP contribution in [0.25, 0.3) is 0 Å². The summed E-state index contributed by atoms with van der Waals surface area (Å²) in [5.41, 5.74) is 1.13. The van der Waals surface area contributed by atoms with E-state index < -0.39 is 10.0 Å². The van der Waals surface area contributed by atoms with Crippen molar-refractivity contribution in [3.8, 4) is 6.07 Å². The third-order valence-electron chi connectivity index (χ3n) is 3.39. The first-order valence-corrected chi connectivity index (χ1v) is 7.79. The fourth-order valence-corrected chi connectivity index (χ4v) is 3.66. The number of likely N-dealkylation sites (N-methyl/N-ethyl adjacent to an activating group) is 1. The first-order valence-electron chi connectivity index (χ1n) is 6.18. The summed E-state index contributed by atoms with van der Waals surface area (Å²) in [6, 6.07) is 8.79. The fourth-order valence-electron chi connectivity index (χ4n) is 2.22. The Hall–Kier alpha value is -1.42. The zero-order valence-corrected chi connectivity index (χ0v) is 11.7. The van der Waals surface area contributed by atoms with Crippen LogP contribution in [0.4, 0.5) is 0 Å². The van der Waals surface area contributed by atoms with Crippen LogP contribution in [0.1, 0.15) is 17.5 Å². The maximum Gasteiger partial charge on any atom is 0.218 e. The van der Waals surface area contributed by atoms with Crippen molar-refractivity contribution in [1.29, 1.82) is 5.26 Å².